The molecule has 0 fully saturated rings. The van der Waals surface area contributed by atoms with Crippen molar-refractivity contribution in [3.05, 3.63) is 111 Å². The van der Waals surface area contributed by atoms with Crippen LogP contribution in [0.1, 0.15) is 35.9 Å². The predicted molar refractivity (Wildman–Crippen MR) is 120 cm³/mol. The van der Waals surface area contributed by atoms with E-state index in [1.54, 1.807) is 12.1 Å². The van der Waals surface area contributed by atoms with Crippen LogP contribution in [-0.4, -0.2) is 10.7 Å². The normalized spacial score (nSPS) is 20.1. The van der Waals surface area contributed by atoms with E-state index in [9.17, 15) is 14.9 Å². The first-order valence-electron chi connectivity index (χ1n) is 10.3. The molecule has 0 unspecified atom stereocenters. The Bertz CT molecular complexity index is 1190. The maximum atomic E-state index is 13.4. The molecule has 5 rings (SSSR count). The van der Waals surface area contributed by atoms with E-state index in [2.05, 4.69) is 22.8 Å². The van der Waals surface area contributed by atoms with Crippen molar-refractivity contribution in [1.82, 2.24) is 0 Å². The van der Waals surface area contributed by atoms with Crippen molar-refractivity contribution in [3.8, 4) is 0 Å². The lowest BCUT2D eigenvalue weighted by molar-refractivity contribution is -0.384. The molecule has 2 atom stereocenters. The Morgan fingerprint density at radius 2 is 1.48 bits per heavy atom. The average molecular weight is 411 g/mol. The molecule has 0 spiro atoms. The van der Waals surface area contributed by atoms with Gasteiger partial charge in [0.25, 0.3) is 5.69 Å². The zero-order valence-electron chi connectivity index (χ0n) is 16.7. The van der Waals surface area contributed by atoms with Crippen LogP contribution in [0, 0.1) is 10.1 Å². The van der Waals surface area contributed by atoms with Gasteiger partial charge in [0.2, 0.25) is 0 Å². The van der Waals surface area contributed by atoms with Gasteiger partial charge in [-0.05, 0) is 47.7 Å². The Balaban J connectivity index is 1.60. The third-order valence-corrected chi connectivity index (χ3v) is 6.02. The summed E-state index contributed by atoms with van der Waals surface area (Å²) in [5.41, 5.74) is 5.43. The molecule has 0 amide bonds. The first kappa shape index (κ1) is 19.1. The van der Waals surface area contributed by atoms with Gasteiger partial charge in [-0.1, -0.05) is 42.5 Å². The Kier molecular flexibility index (Phi) is 4.75. The number of Topliss-reactive ketones (excluding diaryl/α,β-unsaturated/α-hetero) is 1. The number of nitro groups is 1. The molecule has 0 saturated heterocycles. The first-order chi connectivity index (χ1) is 15.1. The molecule has 6 heteroatoms. The van der Waals surface area contributed by atoms with Crippen LogP contribution in [-0.2, 0) is 4.79 Å². The molecule has 1 aliphatic heterocycles. The van der Waals surface area contributed by atoms with Crippen molar-refractivity contribution >= 4 is 22.8 Å². The van der Waals surface area contributed by atoms with E-state index in [0.717, 1.165) is 34.6 Å². The molecule has 31 heavy (non-hydrogen) atoms. The summed E-state index contributed by atoms with van der Waals surface area (Å²) >= 11 is 0. The third-order valence-electron chi connectivity index (χ3n) is 6.02. The summed E-state index contributed by atoms with van der Waals surface area (Å²) in [5.74, 6) is 0.203. The average Bonchev–Trinajstić information content (AvgIpc) is 2.96. The number of carbonyl (C=O) groups is 1. The van der Waals surface area contributed by atoms with Crippen LogP contribution in [0.2, 0.25) is 0 Å². The lowest BCUT2D eigenvalue weighted by Gasteiger charge is -2.30. The second-order valence-corrected chi connectivity index (χ2v) is 7.93. The topological polar surface area (TPSA) is 84.3 Å². The van der Waals surface area contributed by atoms with Crippen LogP contribution in [0.5, 0.6) is 0 Å². The van der Waals surface area contributed by atoms with E-state index < -0.39 is 4.92 Å². The summed E-state index contributed by atoms with van der Waals surface area (Å²) < 4.78 is 0. The fraction of sp³-hybridized carbons (Fsp3) is 0.160. The highest BCUT2D eigenvalue weighted by Crippen LogP contribution is 2.44. The lowest BCUT2D eigenvalue weighted by atomic mass is 9.78. The number of benzene rings is 3. The molecule has 2 aliphatic rings. The number of anilines is 2. The number of carbonyl (C=O) groups excluding carboxylic acids is 1. The van der Waals surface area contributed by atoms with Crippen LogP contribution in [0.3, 0.4) is 0 Å². The lowest BCUT2D eigenvalue weighted by Crippen LogP contribution is -2.26. The van der Waals surface area contributed by atoms with Gasteiger partial charge in [-0.15, -0.1) is 0 Å². The zero-order valence-corrected chi connectivity index (χ0v) is 16.7. The van der Waals surface area contributed by atoms with Crippen molar-refractivity contribution in [2.24, 2.45) is 0 Å². The molecule has 0 aromatic heterocycles. The van der Waals surface area contributed by atoms with Crippen LogP contribution >= 0.6 is 0 Å². The van der Waals surface area contributed by atoms with Crippen molar-refractivity contribution < 1.29 is 9.72 Å². The number of hydrogen-bond donors (Lipinski definition) is 2. The molecule has 0 bridgehead atoms. The van der Waals surface area contributed by atoms with Gasteiger partial charge in [0.05, 0.1) is 22.3 Å². The van der Waals surface area contributed by atoms with Crippen LogP contribution in [0.4, 0.5) is 17.1 Å². The molecule has 0 saturated carbocycles. The van der Waals surface area contributed by atoms with Gasteiger partial charge >= 0.3 is 0 Å². The molecule has 0 radical (unpaired) electrons. The number of nitrogens with one attached hydrogen (secondary N) is 2. The quantitative estimate of drug-likeness (QED) is 0.434. The summed E-state index contributed by atoms with van der Waals surface area (Å²) in [6.07, 6.45) is 1.16. The van der Waals surface area contributed by atoms with Gasteiger partial charge in [0, 0.05) is 29.8 Å². The van der Waals surface area contributed by atoms with Gasteiger partial charge in [0.15, 0.2) is 5.78 Å². The fourth-order valence-electron chi connectivity index (χ4n) is 4.49. The Hall–Kier alpha value is -3.93. The van der Waals surface area contributed by atoms with Gasteiger partial charge in [-0.2, -0.15) is 0 Å². The summed E-state index contributed by atoms with van der Waals surface area (Å²) in [6, 6.07) is 24.0. The molecule has 1 heterocycles. The zero-order chi connectivity index (χ0) is 21.4. The molecule has 154 valence electrons. The second-order valence-electron chi connectivity index (χ2n) is 7.93. The molecule has 3 aromatic carbocycles. The number of hydrogen-bond acceptors (Lipinski definition) is 5. The number of allylic oxidation sites excluding steroid dienone is 1. The largest absolute Gasteiger partial charge is 0.372 e. The van der Waals surface area contributed by atoms with Gasteiger partial charge in [-0.25, -0.2) is 0 Å². The highest BCUT2D eigenvalue weighted by atomic mass is 16.6. The molecular formula is C25H21N3O3. The van der Waals surface area contributed by atoms with Crippen molar-refractivity contribution in [2.75, 3.05) is 10.6 Å². The summed E-state index contributed by atoms with van der Waals surface area (Å²) in [6.45, 7) is 0. The van der Waals surface area contributed by atoms with Crippen LogP contribution < -0.4 is 10.6 Å². The molecule has 6 nitrogen and oxygen atoms in total. The fourth-order valence-corrected chi connectivity index (χ4v) is 4.49. The highest BCUT2D eigenvalue weighted by Gasteiger charge is 2.36. The van der Waals surface area contributed by atoms with E-state index >= 15 is 0 Å². The minimum absolute atomic E-state index is 0.0317. The Labute approximate surface area is 179 Å². The van der Waals surface area contributed by atoms with Gasteiger partial charge < -0.3 is 10.6 Å². The summed E-state index contributed by atoms with van der Waals surface area (Å²) in [4.78, 5) is 24.1. The first-order valence-corrected chi connectivity index (χ1v) is 10.3. The van der Waals surface area contributed by atoms with E-state index in [1.165, 1.54) is 12.1 Å². The Morgan fingerprint density at radius 3 is 2.19 bits per heavy atom. The SMILES string of the molecule is O=C1C[C@H](c2ccccc2)CC2=C1[C@H](c1ccc([N+](=O)[O-])cc1)Nc1ccccc1N2. The number of fused-ring (bicyclic) bond motifs is 1. The number of non-ortho nitro benzene ring substituents is 1. The van der Waals surface area contributed by atoms with Crippen LogP contribution in [0.25, 0.3) is 0 Å². The van der Waals surface area contributed by atoms with Crippen molar-refractivity contribution in [3.63, 3.8) is 0 Å². The van der Waals surface area contributed by atoms with Gasteiger partial charge in [-0.3, -0.25) is 14.9 Å². The van der Waals surface area contributed by atoms with E-state index in [1.807, 2.05) is 42.5 Å². The summed E-state index contributed by atoms with van der Waals surface area (Å²) in [5, 5.41) is 18.1. The van der Waals surface area contributed by atoms with E-state index in [4.69, 9.17) is 0 Å². The highest BCUT2D eigenvalue weighted by molar-refractivity contribution is 6.01. The van der Waals surface area contributed by atoms with Crippen molar-refractivity contribution in [1.29, 1.82) is 0 Å². The smallest absolute Gasteiger partial charge is 0.269 e. The third kappa shape index (κ3) is 3.57. The maximum absolute atomic E-state index is 13.4. The molecule has 1 aliphatic carbocycles. The number of para-hydroxylation sites is 2. The van der Waals surface area contributed by atoms with Crippen molar-refractivity contribution in [2.45, 2.75) is 24.8 Å². The minimum atomic E-state index is -0.415. The number of nitro benzene ring substituents is 1. The molecule has 2 N–H and O–H groups in total. The maximum Gasteiger partial charge on any atom is 0.269 e. The molecule has 3 aromatic rings. The number of rotatable bonds is 3. The van der Waals surface area contributed by atoms with Gasteiger partial charge in [0.1, 0.15) is 0 Å². The standard InChI is InChI=1S/C25H21N3O3/c29-23-15-18(16-6-2-1-3-7-16)14-22-24(23)25(17-10-12-19(13-11-17)28(30)31)27-21-9-5-4-8-20(21)26-22/h1-13,18,25-27H,14-15H2/t18-,25+/m1/s1. The van der Waals surface area contributed by atoms with E-state index in [-0.39, 0.29) is 23.4 Å². The monoisotopic (exact) mass is 411 g/mol. The predicted octanol–water partition coefficient (Wildman–Crippen LogP) is 5.57. The summed E-state index contributed by atoms with van der Waals surface area (Å²) in [7, 11) is 0. The number of ketones is 1. The Morgan fingerprint density at radius 1 is 0.806 bits per heavy atom. The second kappa shape index (κ2) is 7.72. The van der Waals surface area contributed by atoms with Crippen LogP contribution in [0.15, 0.2) is 90.1 Å². The number of nitrogens with zero attached hydrogens (tertiary/aromatic N) is 1. The molecular weight excluding hydrogens is 390 g/mol. The minimum Gasteiger partial charge on any atom is -0.372 e. The van der Waals surface area contributed by atoms with E-state index in [0.29, 0.717) is 12.0 Å².